The number of benzene rings is 3. The van der Waals surface area contributed by atoms with Crippen molar-refractivity contribution in [3.63, 3.8) is 0 Å². The fourth-order valence-corrected chi connectivity index (χ4v) is 4.71. The first kappa shape index (κ1) is 25.2. The fraction of sp³-hybridized carbons (Fsp3) is 0.259. The molecule has 9 heteroatoms. The number of fused-ring (bicyclic) bond motifs is 1. The van der Waals surface area contributed by atoms with E-state index in [1.807, 2.05) is 12.1 Å². The predicted octanol–water partition coefficient (Wildman–Crippen LogP) is 4.92. The molecule has 0 unspecified atom stereocenters. The summed E-state index contributed by atoms with van der Waals surface area (Å²) in [5.41, 5.74) is 2.07. The highest BCUT2D eigenvalue weighted by Crippen LogP contribution is 2.46. The molecule has 0 radical (unpaired) electrons. The molecule has 1 heterocycles. The molecule has 0 saturated heterocycles. The third kappa shape index (κ3) is 4.52. The molecule has 36 heavy (non-hydrogen) atoms. The summed E-state index contributed by atoms with van der Waals surface area (Å²) in [5.74, 6) is 0.568. The van der Waals surface area contributed by atoms with Gasteiger partial charge < -0.3 is 29.2 Å². The Morgan fingerprint density at radius 3 is 2.11 bits per heavy atom. The lowest BCUT2D eigenvalue weighted by Crippen LogP contribution is -2.44. The van der Waals surface area contributed by atoms with Crippen LogP contribution < -0.4 is 24.3 Å². The number of ether oxygens (including phenoxy) is 4. The molecular weight excluding hydrogens is 484 g/mol. The van der Waals surface area contributed by atoms with Crippen molar-refractivity contribution in [3.05, 3.63) is 76.3 Å². The Hall–Kier alpha value is -3.91. The number of halogens is 1. The highest BCUT2D eigenvalue weighted by Gasteiger charge is 2.43. The van der Waals surface area contributed by atoms with Crippen molar-refractivity contribution in [1.29, 1.82) is 0 Å². The maximum absolute atomic E-state index is 14.0. The molecule has 2 atom stereocenters. The molecule has 3 aromatic carbocycles. The Labute approximate surface area is 214 Å². The fourth-order valence-electron chi connectivity index (χ4n) is 4.54. The maximum Gasteiger partial charge on any atom is 0.254 e. The average Bonchev–Trinajstić information content (AvgIpc) is 2.90. The highest BCUT2D eigenvalue weighted by molar-refractivity contribution is 6.31. The van der Waals surface area contributed by atoms with E-state index in [1.54, 1.807) is 61.5 Å². The van der Waals surface area contributed by atoms with Crippen molar-refractivity contribution in [2.45, 2.75) is 12.0 Å². The van der Waals surface area contributed by atoms with Gasteiger partial charge in [0.2, 0.25) is 5.91 Å². The molecule has 0 bridgehead atoms. The second kappa shape index (κ2) is 10.4. The van der Waals surface area contributed by atoms with Crippen LogP contribution in [0.25, 0.3) is 0 Å². The number of rotatable bonds is 7. The van der Waals surface area contributed by atoms with Crippen LogP contribution in [0.1, 0.15) is 33.4 Å². The number of anilines is 1. The van der Waals surface area contributed by atoms with E-state index in [0.29, 0.717) is 44.8 Å². The van der Waals surface area contributed by atoms with Crippen LogP contribution >= 0.6 is 11.6 Å². The molecule has 0 aliphatic carbocycles. The van der Waals surface area contributed by atoms with Gasteiger partial charge in [-0.05, 0) is 53.6 Å². The summed E-state index contributed by atoms with van der Waals surface area (Å²) in [6, 6.07) is 14.9. The van der Waals surface area contributed by atoms with Gasteiger partial charge in [-0.1, -0.05) is 23.7 Å². The van der Waals surface area contributed by atoms with E-state index in [0.717, 1.165) is 5.56 Å². The first-order chi connectivity index (χ1) is 17.3. The molecule has 188 valence electrons. The van der Waals surface area contributed by atoms with Crippen molar-refractivity contribution in [2.24, 2.45) is 0 Å². The Bertz CT molecular complexity index is 1290. The van der Waals surface area contributed by atoms with Gasteiger partial charge in [-0.15, -0.1) is 0 Å². The van der Waals surface area contributed by atoms with Crippen LogP contribution in [-0.4, -0.2) is 52.2 Å². The first-order valence-electron chi connectivity index (χ1n) is 11.1. The van der Waals surface area contributed by atoms with Gasteiger partial charge in [-0.25, -0.2) is 0 Å². The Morgan fingerprint density at radius 2 is 1.50 bits per heavy atom. The molecule has 1 aliphatic rings. The summed E-state index contributed by atoms with van der Waals surface area (Å²) in [4.78, 5) is 29.0. The second-order valence-electron chi connectivity index (χ2n) is 8.24. The number of nitrogens with one attached hydrogen (secondary N) is 1. The molecule has 3 aromatic rings. The van der Waals surface area contributed by atoms with Crippen LogP contribution in [0.2, 0.25) is 5.02 Å². The largest absolute Gasteiger partial charge is 0.497 e. The molecular formula is C27H27ClN2O6. The molecule has 8 nitrogen and oxygen atoms in total. The molecule has 0 spiro atoms. The zero-order valence-corrected chi connectivity index (χ0v) is 21.4. The maximum atomic E-state index is 14.0. The molecule has 1 N–H and O–H groups in total. The third-order valence-corrected chi connectivity index (χ3v) is 6.57. The van der Waals surface area contributed by atoms with Crippen LogP contribution in [0.3, 0.4) is 0 Å². The van der Waals surface area contributed by atoms with Crippen molar-refractivity contribution >= 4 is 29.1 Å². The van der Waals surface area contributed by atoms with Gasteiger partial charge in [0.05, 0.1) is 46.1 Å². The normalized spacial score (nSPS) is 16.7. The van der Waals surface area contributed by atoms with E-state index >= 15 is 0 Å². The molecule has 1 aliphatic heterocycles. The van der Waals surface area contributed by atoms with Gasteiger partial charge in [0.15, 0.2) is 11.5 Å². The van der Waals surface area contributed by atoms with Crippen LogP contribution in [-0.2, 0) is 4.79 Å². The van der Waals surface area contributed by atoms with Crippen LogP contribution in [0, 0.1) is 0 Å². The number of carbonyl (C=O) groups excluding carboxylic acids is 2. The van der Waals surface area contributed by atoms with E-state index in [-0.39, 0.29) is 11.8 Å². The van der Waals surface area contributed by atoms with Gasteiger partial charge in [0.1, 0.15) is 11.5 Å². The monoisotopic (exact) mass is 510 g/mol. The summed E-state index contributed by atoms with van der Waals surface area (Å²) in [5, 5.41) is 3.40. The molecule has 0 saturated carbocycles. The second-order valence-corrected chi connectivity index (χ2v) is 8.68. The zero-order chi connectivity index (χ0) is 26.0. The number of hydrogen-bond acceptors (Lipinski definition) is 6. The van der Waals surface area contributed by atoms with Crippen LogP contribution in [0.15, 0.2) is 54.6 Å². The van der Waals surface area contributed by atoms with Gasteiger partial charge >= 0.3 is 0 Å². The predicted molar refractivity (Wildman–Crippen MR) is 137 cm³/mol. The summed E-state index contributed by atoms with van der Waals surface area (Å²) < 4.78 is 21.6. The Morgan fingerprint density at radius 1 is 0.861 bits per heavy atom. The Kier molecular flexibility index (Phi) is 7.26. The lowest BCUT2D eigenvalue weighted by Gasteiger charge is -2.40. The van der Waals surface area contributed by atoms with Crippen LogP contribution in [0.5, 0.6) is 23.0 Å². The lowest BCUT2D eigenvalue weighted by molar-refractivity contribution is -0.119. The quantitative estimate of drug-likeness (QED) is 0.485. The summed E-state index contributed by atoms with van der Waals surface area (Å²) in [6.07, 6.45) is 0. The molecule has 0 aromatic heterocycles. The number of amides is 2. The van der Waals surface area contributed by atoms with Crippen molar-refractivity contribution in [1.82, 2.24) is 4.90 Å². The average molecular weight is 511 g/mol. The third-order valence-electron chi connectivity index (χ3n) is 6.33. The minimum atomic E-state index is -0.792. The minimum absolute atomic E-state index is 0.240. The molecule has 0 fully saturated rings. The number of nitrogens with zero attached hydrogens (tertiary/aromatic N) is 1. The van der Waals surface area contributed by atoms with Crippen LogP contribution in [0.4, 0.5) is 5.69 Å². The standard InChI is InChI=1S/C27H27ClN2O6/c1-30-25(15-6-9-17(33-2)10-7-15)24(26(31)29-20-12-16(28)8-11-21(20)34-3)18-13-22(35-4)23(36-5)14-19(18)27(30)32/h6-14,24-25H,1-5H3,(H,29,31)/t24-,25+/m0/s1. The smallest absolute Gasteiger partial charge is 0.254 e. The number of likely N-dealkylation sites (N-methyl/N-ethyl adjacent to an activating group) is 1. The first-order valence-corrected chi connectivity index (χ1v) is 11.5. The zero-order valence-electron chi connectivity index (χ0n) is 20.6. The van der Waals surface area contributed by atoms with Gasteiger partial charge in [0, 0.05) is 17.6 Å². The molecule has 2 amide bonds. The van der Waals surface area contributed by atoms with Gasteiger partial charge in [-0.3, -0.25) is 9.59 Å². The SMILES string of the molecule is COc1ccc([C@@H]2[C@@H](C(=O)Nc3cc(Cl)ccc3OC)c3cc(OC)c(OC)cc3C(=O)N2C)cc1. The minimum Gasteiger partial charge on any atom is -0.497 e. The highest BCUT2D eigenvalue weighted by atomic mass is 35.5. The summed E-state index contributed by atoms with van der Waals surface area (Å²) in [7, 11) is 7.77. The van der Waals surface area contributed by atoms with Crippen molar-refractivity contribution < 1.29 is 28.5 Å². The van der Waals surface area contributed by atoms with E-state index in [9.17, 15) is 9.59 Å². The number of hydrogen-bond donors (Lipinski definition) is 1. The van der Waals surface area contributed by atoms with E-state index in [4.69, 9.17) is 30.5 Å². The summed E-state index contributed by atoms with van der Waals surface area (Å²) in [6.45, 7) is 0. The van der Waals surface area contributed by atoms with Crippen molar-refractivity contribution in [2.75, 3.05) is 40.8 Å². The number of carbonyl (C=O) groups is 2. The van der Waals surface area contributed by atoms with E-state index in [2.05, 4.69) is 5.32 Å². The Balaban J connectivity index is 1.89. The lowest BCUT2D eigenvalue weighted by atomic mass is 9.79. The van der Waals surface area contributed by atoms with E-state index < -0.39 is 12.0 Å². The van der Waals surface area contributed by atoms with Gasteiger partial charge in [0.25, 0.3) is 5.91 Å². The van der Waals surface area contributed by atoms with Crippen molar-refractivity contribution in [3.8, 4) is 23.0 Å². The number of methoxy groups -OCH3 is 4. The summed E-state index contributed by atoms with van der Waals surface area (Å²) >= 11 is 6.19. The van der Waals surface area contributed by atoms with E-state index in [1.165, 1.54) is 21.3 Å². The topological polar surface area (TPSA) is 86.3 Å². The van der Waals surface area contributed by atoms with Gasteiger partial charge in [-0.2, -0.15) is 0 Å². The molecule has 4 rings (SSSR count).